The molecule has 25 heavy (non-hydrogen) atoms. The molecule has 8 heteroatoms. The molecule has 1 aromatic carbocycles. The number of piperidine rings is 1. The molecule has 4 rings (SSSR count). The van der Waals surface area contributed by atoms with Crippen LogP contribution >= 0.6 is 0 Å². The van der Waals surface area contributed by atoms with Crippen LogP contribution < -0.4 is 10.2 Å². The van der Waals surface area contributed by atoms with Gasteiger partial charge >= 0.3 is 0 Å². The van der Waals surface area contributed by atoms with Gasteiger partial charge < -0.3 is 10.2 Å². The fourth-order valence-electron chi connectivity index (χ4n) is 3.11. The van der Waals surface area contributed by atoms with Crippen molar-refractivity contribution in [3.8, 4) is 0 Å². The Hall–Kier alpha value is -3.03. The molecule has 0 aliphatic carbocycles. The molecule has 0 spiro atoms. The Morgan fingerprint density at radius 2 is 2.08 bits per heavy atom. The molecule has 0 bridgehead atoms. The molecule has 128 valence electrons. The van der Waals surface area contributed by atoms with Crippen molar-refractivity contribution in [1.82, 2.24) is 30.2 Å². The Bertz CT molecular complexity index is 789. The SMILES string of the molecule is c1ccc(Cn2nnnc2NC2CCCN(c3cnccn3)C2)cc1. The number of hydrogen-bond acceptors (Lipinski definition) is 7. The zero-order valence-electron chi connectivity index (χ0n) is 13.9. The second kappa shape index (κ2) is 7.25. The molecule has 1 unspecified atom stereocenters. The van der Waals surface area contributed by atoms with Gasteiger partial charge in [0, 0.05) is 31.5 Å². The topological polar surface area (TPSA) is 84.7 Å². The van der Waals surface area contributed by atoms with Gasteiger partial charge in [-0.2, -0.15) is 0 Å². The lowest BCUT2D eigenvalue weighted by Gasteiger charge is -2.33. The fraction of sp³-hybridized carbons (Fsp3) is 0.353. The number of nitrogens with one attached hydrogen (secondary N) is 1. The number of nitrogens with zero attached hydrogens (tertiary/aromatic N) is 7. The number of tetrazole rings is 1. The highest BCUT2D eigenvalue weighted by molar-refractivity contribution is 5.38. The minimum Gasteiger partial charge on any atom is -0.353 e. The van der Waals surface area contributed by atoms with E-state index in [4.69, 9.17) is 0 Å². The summed E-state index contributed by atoms with van der Waals surface area (Å²) in [5, 5.41) is 15.6. The Morgan fingerprint density at radius 1 is 1.16 bits per heavy atom. The predicted octanol–water partition coefficient (Wildman–Crippen LogP) is 1.59. The number of anilines is 2. The van der Waals surface area contributed by atoms with E-state index in [1.54, 1.807) is 17.1 Å². The summed E-state index contributed by atoms with van der Waals surface area (Å²) in [6.45, 7) is 2.50. The smallest absolute Gasteiger partial charge is 0.243 e. The number of aromatic nitrogens is 6. The summed E-state index contributed by atoms with van der Waals surface area (Å²) in [4.78, 5) is 10.8. The zero-order chi connectivity index (χ0) is 16.9. The fourth-order valence-corrected chi connectivity index (χ4v) is 3.11. The average molecular weight is 336 g/mol. The van der Waals surface area contributed by atoms with Crippen molar-refractivity contribution in [3.63, 3.8) is 0 Å². The van der Waals surface area contributed by atoms with Crippen molar-refractivity contribution in [2.75, 3.05) is 23.3 Å². The molecular weight excluding hydrogens is 316 g/mol. The normalized spacial score (nSPS) is 17.4. The Labute approximate surface area is 145 Å². The predicted molar refractivity (Wildman–Crippen MR) is 94.3 cm³/mol. The first kappa shape index (κ1) is 15.5. The van der Waals surface area contributed by atoms with Gasteiger partial charge in [-0.1, -0.05) is 35.4 Å². The summed E-state index contributed by atoms with van der Waals surface area (Å²) in [6.07, 6.45) is 7.40. The van der Waals surface area contributed by atoms with Crippen LogP contribution in [0.5, 0.6) is 0 Å². The maximum absolute atomic E-state index is 4.40. The van der Waals surface area contributed by atoms with E-state index >= 15 is 0 Å². The van der Waals surface area contributed by atoms with E-state index in [0.717, 1.165) is 31.7 Å². The summed E-state index contributed by atoms with van der Waals surface area (Å²) in [7, 11) is 0. The van der Waals surface area contributed by atoms with Crippen LogP contribution in [0.1, 0.15) is 18.4 Å². The summed E-state index contributed by atoms with van der Waals surface area (Å²) in [5.74, 6) is 1.62. The highest BCUT2D eigenvalue weighted by Crippen LogP contribution is 2.19. The molecular formula is C17H20N8. The van der Waals surface area contributed by atoms with Crippen LogP contribution in [0, 0.1) is 0 Å². The molecule has 2 aromatic heterocycles. The zero-order valence-corrected chi connectivity index (χ0v) is 13.9. The second-order valence-electron chi connectivity index (χ2n) is 6.14. The van der Waals surface area contributed by atoms with Gasteiger partial charge in [-0.15, -0.1) is 0 Å². The molecule has 3 aromatic rings. The van der Waals surface area contributed by atoms with Gasteiger partial charge in [0.05, 0.1) is 12.7 Å². The molecule has 0 amide bonds. The van der Waals surface area contributed by atoms with Gasteiger partial charge in [-0.3, -0.25) is 4.98 Å². The van der Waals surface area contributed by atoms with Crippen molar-refractivity contribution >= 4 is 11.8 Å². The van der Waals surface area contributed by atoms with Crippen LogP contribution in [-0.2, 0) is 6.54 Å². The second-order valence-corrected chi connectivity index (χ2v) is 6.14. The molecule has 1 N–H and O–H groups in total. The molecule has 1 aliphatic rings. The highest BCUT2D eigenvalue weighted by Gasteiger charge is 2.22. The lowest BCUT2D eigenvalue weighted by atomic mass is 10.1. The number of hydrogen-bond donors (Lipinski definition) is 1. The van der Waals surface area contributed by atoms with Crippen LogP contribution in [0.3, 0.4) is 0 Å². The first-order valence-electron chi connectivity index (χ1n) is 8.46. The van der Waals surface area contributed by atoms with E-state index in [0.29, 0.717) is 12.5 Å². The van der Waals surface area contributed by atoms with Crippen LogP contribution in [0.15, 0.2) is 48.9 Å². The van der Waals surface area contributed by atoms with Gasteiger partial charge in [-0.25, -0.2) is 9.67 Å². The molecule has 3 heterocycles. The third-order valence-corrected chi connectivity index (χ3v) is 4.34. The van der Waals surface area contributed by atoms with Crippen molar-refractivity contribution in [3.05, 3.63) is 54.5 Å². The first-order valence-corrected chi connectivity index (χ1v) is 8.46. The van der Waals surface area contributed by atoms with Crippen molar-refractivity contribution in [1.29, 1.82) is 0 Å². The van der Waals surface area contributed by atoms with Gasteiger partial charge in [0.2, 0.25) is 5.95 Å². The Balaban J connectivity index is 1.43. The molecule has 0 radical (unpaired) electrons. The van der Waals surface area contributed by atoms with Crippen molar-refractivity contribution in [2.24, 2.45) is 0 Å². The lowest BCUT2D eigenvalue weighted by Crippen LogP contribution is -2.43. The van der Waals surface area contributed by atoms with Crippen LogP contribution in [0.2, 0.25) is 0 Å². The van der Waals surface area contributed by atoms with Crippen LogP contribution in [0.25, 0.3) is 0 Å². The van der Waals surface area contributed by atoms with Crippen LogP contribution in [0.4, 0.5) is 11.8 Å². The maximum Gasteiger partial charge on any atom is 0.243 e. The molecule has 1 fully saturated rings. The minimum absolute atomic E-state index is 0.274. The third-order valence-electron chi connectivity index (χ3n) is 4.34. The largest absolute Gasteiger partial charge is 0.353 e. The summed E-state index contributed by atoms with van der Waals surface area (Å²) >= 11 is 0. The number of rotatable bonds is 5. The van der Waals surface area contributed by atoms with Gasteiger partial charge in [-0.05, 0) is 28.8 Å². The monoisotopic (exact) mass is 336 g/mol. The van der Waals surface area contributed by atoms with Crippen LogP contribution in [-0.4, -0.2) is 49.3 Å². The first-order chi connectivity index (χ1) is 12.4. The molecule has 0 saturated carbocycles. The highest BCUT2D eigenvalue weighted by atomic mass is 15.6. The molecule has 8 nitrogen and oxygen atoms in total. The Kier molecular flexibility index (Phi) is 4.49. The van der Waals surface area contributed by atoms with E-state index in [2.05, 4.69) is 47.8 Å². The lowest BCUT2D eigenvalue weighted by molar-refractivity contribution is 0.519. The van der Waals surface area contributed by atoms with E-state index < -0.39 is 0 Å². The third kappa shape index (κ3) is 3.73. The van der Waals surface area contributed by atoms with E-state index in [-0.39, 0.29) is 6.04 Å². The molecule has 1 aliphatic heterocycles. The molecule has 1 saturated heterocycles. The van der Waals surface area contributed by atoms with E-state index in [1.807, 2.05) is 24.4 Å². The van der Waals surface area contributed by atoms with E-state index in [1.165, 1.54) is 5.56 Å². The van der Waals surface area contributed by atoms with Gasteiger partial charge in [0.15, 0.2) is 0 Å². The van der Waals surface area contributed by atoms with Crippen molar-refractivity contribution in [2.45, 2.75) is 25.4 Å². The average Bonchev–Trinajstić information content (AvgIpc) is 3.10. The standard InChI is InChI=1S/C17H20N8/c1-2-5-14(6-3-1)12-25-17(21-22-23-25)20-15-7-4-10-24(13-15)16-11-18-8-9-19-16/h1-3,5-6,8-9,11,15H,4,7,10,12-13H2,(H,20,21,23). The van der Waals surface area contributed by atoms with Gasteiger partial charge in [0.1, 0.15) is 5.82 Å². The molecule has 1 atom stereocenters. The summed E-state index contributed by atoms with van der Waals surface area (Å²) in [5.41, 5.74) is 1.17. The number of benzene rings is 1. The van der Waals surface area contributed by atoms with E-state index in [9.17, 15) is 0 Å². The summed E-state index contributed by atoms with van der Waals surface area (Å²) < 4.78 is 1.80. The Morgan fingerprint density at radius 3 is 2.92 bits per heavy atom. The quantitative estimate of drug-likeness (QED) is 0.757. The van der Waals surface area contributed by atoms with Crippen molar-refractivity contribution < 1.29 is 0 Å². The van der Waals surface area contributed by atoms with Gasteiger partial charge in [0.25, 0.3) is 0 Å². The summed E-state index contributed by atoms with van der Waals surface area (Å²) in [6, 6.07) is 10.5. The minimum atomic E-state index is 0.274. The maximum atomic E-state index is 4.40.